The minimum atomic E-state index is -0.840. The number of hydrogen-bond acceptors (Lipinski definition) is 2. The van der Waals surface area contributed by atoms with Crippen molar-refractivity contribution in [3.8, 4) is 0 Å². The first-order chi connectivity index (χ1) is 8.15. The van der Waals surface area contributed by atoms with Crippen molar-refractivity contribution in [2.75, 3.05) is 18.0 Å². The topological polar surface area (TPSA) is 40.5 Å². The maximum absolute atomic E-state index is 10.6. The van der Waals surface area contributed by atoms with Gasteiger partial charge >= 0.3 is 5.97 Å². The summed E-state index contributed by atoms with van der Waals surface area (Å²) in [6.07, 6.45) is 2.52. The first-order valence-corrected chi connectivity index (χ1v) is 5.85. The minimum absolute atomic E-state index is 0.411. The van der Waals surface area contributed by atoms with E-state index < -0.39 is 5.97 Å². The molecule has 0 radical (unpaired) electrons. The Hall–Kier alpha value is -1.77. The third kappa shape index (κ3) is 4.31. The normalized spacial score (nSPS) is 11.3. The van der Waals surface area contributed by atoms with Crippen LogP contribution in [0, 0.1) is 0 Å². The van der Waals surface area contributed by atoms with Crippen LogP contribution in [-0.4, -0.2) is 24.2 Å². The van der Waals surface area contributed by atoms with E-state index >= 15 is 0 Å². The van der Waals surface area contributed by atoms with Gasteiger partial charge < -0.3 is 10.0 Å². The molecule has 1 aromatic rings. The molecule has 0 aromatic heterocycles. The minimum Gasteiger partial charge on any atom is -0.478 e. The van der Waals surface area contributed by atoms with Crippen LogP contribution in [0.15, 0.2) is 42.0 Å². The second-order valence-electron chi connectivity index (χ2n) is 3.90. The summed E-state index contributed by atoms with van der Waals surface area (Å²) in [7, 11) is 0. The largest absolute Gasteiger partial charge is 0.478 e. The van der Waals surface area contributed by atoms with Crippen molar-refractivity contribution in [2.24, 2.45) is 0 Å². The molecule has 0 aliphatic heterocycles. The standard InChI is InChI=1S/C14H19NO2/c1-3-15(13-9-5-4-6-10-13)11-7-8-12(2)14(16)17/h4-6,8-10H,3,7,11H2,1-2H3,(H,16,17)/b12-8+. The maximum Gasteiger partial charge on any atom is 0.330 e. The van der Waals surface area contributed by atoms with E-state index in [0.29, 0.717) is 5.57 Å². The molecule has 1 rings (SSSR count). The highest BCUT2D eigenvalue weighted by atomic mass is 16.4. The number of nitrogens with zero attached hydrogens (tertiary/aromatic N) is 1. The van der Waals surface area contributed by atoms with E-state index in [9.17, 15) is 4.79 Å². The summed E-state index contributed by atoms with van der Waals surface area (Å²) in [5.74, 6) is -0.840. The lowest BCUT2D eigenvalue weighted by atomic mass is 10.2. The maximum atomic E-state index is 10.6. The molecule has 0 aliphatic rings. The number of rotatable bonds is 6. The zero-order valence-electron chi connectivity index (χ0n) is 10.4. The van der Waals surface area contributed by atoms with E-state index in [2.05, 4.69) is 24.0 Å². The van der Waals surface area contributed by atoms with Crippen LogP contribution in [0.25, 0.3) is 0 Å². The molecule has 92 valence electrons. The Balaban J connectivity index is 2.55. The molecule has 0 bridgehead atoms. The lowest BCUT2D eigenvalue weighted by Gasteiger charge is -2.22. The van der Waals surface area contributed by atoms with Crippen LogP contribution in [0.3, 0.4) is 0 Å². The third-order valence-electron chi connectivity index (χ3n) is 2.69. The van der Waals surface area contributed by atoms with Crippen molar-refractivity contribution < 1.29 is 9.90 Å². The molecule has 3 nitrogen and oxygen atoms in total. The van der Waals surface area contributed by atoms with Crippen LogP contribution >= 0.6 is 0 Å². The zero-order valence-corrected chi connectivity index (χ0v) is 10.4. The Morgan fingerprint density at radius 3 is 2.53 bits per heavy atom. The van der Waals surface area contributed by atoms with E-state index in [0.717, 1.165) is 19.5 Å². The van der Waals surface area contributed by atoms with Crippen LogP contribution in [0.4, 0.5) is 5.69 Å². The number of para-hydroxylation sites is 1. The zero-order chi connectivity index (χ0) is 12.7. The first-order valence-electron chi connectivity index (χ1n) is 5.85. The summed E-state index contributed by atoms with van der Waals surface area (Å²) in [6, 6.07) is 10.1. The predicted molar refractivity (Wildman–Crippen MR) is 70.3 cm³/mol. The van der Waals surface area contributed by atoms with Gasteiger partial charge in [0.2, 0.25) is 0 Å². The second-order valence-corrected chi connectivity index (χ2v) is 3.90. The molecule has 0 heterocycles. The Bertz CT molecular complexity index is 384. The summed E-state index contributed by atoms with van der Waals surface area (Å²) in [5, 5.41) is 8.74. The lowest BCUT2D eigenvalue weighted by Crippen LogP contribution is -2.23. The number of hydrogen-bond donors (Lipinski definition) is 1. The fraction of sp³-hybridized carbons (Fsp3) is 0.357. The molecule has 0 amide bonds. The monoisotopic (exact) mass is 233 g/mol. The second kappa shape index (κ2) is 6.74. The molecule has 0 saturated carbocycles. The van der Waals surface area contributed by atoms with Gasteiger partial charge in [0.15, 0.2) is 0 Å². The van der Waals surface area contributed by atoms with Crippen molar-refractivity contribution in [3.63, 3.8) is 0 Å². The number of carboxylic acids is 1. The molecular weight excluding hydrogens is 214 g/mol. The van der Waals surface area contributed by atoms with Crippen molar-refractivity contribution in [2.45, 2.75) is 20.3 Å². The number of carbonyl (C=O) groups is 1. The molecule has 0 unspecified atom stereocenters. The van der Waals surface area contributed by atoms with E-state index in [1.807, 2.05) is 18.2 Å². The van der Waals surface area contributed by atoms with Crippen molar-refractivity contribution in [3.05, 3.63) is 42.0 Å². The van der Waals surface area contributed by atoms with Gasteiger partial charge in [0.1, 0.15) is 0 Å². The summed E-state index contributed by atoms with van der Waals surface area (Å²) < 4.78 is 0. The van der Waals surface area contributed by atoms with Crippen LogP contribution in [0.5, 0.6) is 0 Å². The molecular formula is C14H19NO2. The van der Waals surface area contributed by atoms with Gasteiger partial charge in [-0.1, -0.05) is 24.3 Å². The van der Waals surface area contributed by atoms with Gasteiger partial charge in [-0.3, -0.25) is 0 Å². The predicted octanol–water partition coefficient (Wildman–Crippen LogP) is 2.93. The van der Waals surface area contributed by atoms with Gasteiger partial charge in [0, 0.05) is 24.4 Å². The van der Waals surface area contributed by atoms with Gasteiger partial charge in [-0.2, -0.15) is 0 Å². The molecule has 0 fully saturated rings. The number of anilines is 1. The highest BCUT2D eigenvalue weighted by Crippen LogP contribution is 2.13. The highest BCUT2D eigenvalue weighted by Gasteiger charge is 2.03. The number of aliphatic carboxylic acids is 1. The number of benzene rings is 1. The fourth-order valence-electron chi connectivity index (χ4n) is 1.63. The molecule has 17 heavy (non-hydrogen) atoms. The Kier molecular flexibility index (Phi) is 5.27. The smallest absolute Gasteiger partial charge is 0.330 e. The molecule has 0 saturated heterocycles. The Morgan fingerprint density at radius 2 is 2.00 bits per heavy atom. The van der Waals surface area contributed by atoms with E-state index in [1.54, 1.807) is 13.0 Å². The van der Waals surface area contributed by atoms with Gasteiger partial charge in [-0.05, 0) is 32.4 Å². The fourth-order valence-corrected chi connectivity index (χ4v) is 1.63. The van der Waals surface area contributed by atoms with Crippen LogP contribution in [-0.2, 0) is 4.79 Å². The van der Waals surface area contributed by atoms with Gasteiger partial charge in [0.25, 0.3) is 0 Å². The average Bonchev–Trinajstić information content (AvgIpc) is 2.35. The molecule has 1 aromatic carbocycles. The quantitative estimate of drug-likeness (QED) is 0.768. The molecule has 1 N–H and O–H groups in total. The van der Waals surface area contributed by atoms with Gasteiger partial charge in [-0.15, -0.1) is 0 Å². The summed E-state index contributed by atoms with van der Waals surface area (Å²) in [4.78, 5) is 12.9. The van der Waals surface area contributed by atoms with Gasteiger partial charge in [0.05, 0.1) is 0 Å². The summed E-state index contributed by atoms with van der Waals surface area (Å²) in [6.45, 7) is 5.48. The van der Waals surface area contributed by atoms with Gasteiger partial charge in [-0.25, -0.2) is 4.79 Å². The van der Waals surface area contributed by atoms with Crippen molar-refractivity contribution in [1.82, 2.24) is 0 Å². The van der Waals surface area contributed by atoms with Crippen LogP contribution < -0.4 is 4.90 Å². The molecule has 3 heteroatoms. The Morgan fingerprint density at radius 1 is 1.35 bits per heavy atom. The summed E-state index contributed by atoms with van der Waals surface area (Å²) in [5.41, 5.74) is 1.59. The lowest BCUT2D eigenvalue weighted by molar-refractivity contribution is -0.132. The average molecular weight is 233 g/mol. The molecule has 0 aliphatic carbocycles. The first kappa shape index (κ1) is 13.3. The van der Waals surface area contributed by atoms with Crippen LogP contribution in [0.2, 0.25) is 0 Å². The van der Waals surface area contributed by atoms with Crippen molar-refractivity contribution >= 4 is 11.7 Å². The van der Waals surface area contributed by atoms with Crippen LogP contribution in [0.1, 0.15) is 20.3 Å². The van der Waals surface area contributed by atoms with E-state index in [4.69, 9.17) is 5.11 Å². The molecule has 0 spiro atoms. The number of carboxylic acid groups (broad SMARTS) is 1. The molecule has 0 atom stereocenters. The highest BCUT2D eigenvalue weighted by molar-refractivity contribution is 5.85. The SMILES string of the molecule is CCN(CC/C=C(\C)C(=O)O)c1ccccc1. The Labute approximate surface area is 102 Å². The van der Waals surface area contributed by atoms with E-state index in [-0.39, 0.29) is 0 Å². The van der Waals surface area contributed by atoms with E-state index in [1.165, 1.54) is 5.69 Å². The third-order valence-corrected chi connectivity index (χ3v) is 2.69. The summed E-state index contributed by atoms with van der Waals surface area (Å²) >= 11 is 0. The van der Waals surface area contributed by atoms with Crippen molar-refractivity contribution in [1.29, 1.82) is 0 Å².